The molecule has 2 N–H and O–H groups in total. The van der Waals surface area contributed by atoms with Crippen LogP contribution >= 0.6 is 0 Å². The second-order valence-electron chi connectivity index (χ2n) is 8.98. The molecule has 0 bridgehead atoms. The maximum absolute atomic E-state index is 13.0. The molecule has 0 radical (unpaired) electrons. The highest BCUT2D eigenvalue weighted by Gasteiger charge is 2.50. The number of nitrogens with one attached hydrogen (secondary N) is 2. The first kappa shape index (κ1) is 24.3. The van der Waals surface area contributed by atoms with Gasteiger partial charge in [-0.15, -0.1) is 5.10 Å². The average Bonchev–Trinajstić information content (AvgIpc) is 3.56. The zero-order valence-electron chi connectivity index (χ0n) is 20.0. The number of carbonyl (C=O) groups is 1. The Morgan fingerprint density at radius 2 is 1.72 bits per heavy atom. The van der Waals surface area contributed by atoms with Gasteiger partial charge in [0, 0.05) is 38.0 Å². The highest BCUT2D eigenvalue weighted by molar-refractivity contribution is 7.89. The van der Waals surface area contributed by atoms with Crippen LogP contribution in [0.4, 0.5) is 11.4 Å². The maximum Gasteiger partial charge on any atom is 0.240 e. The Morgan fingerprint density at radius 3 is 2.39 bits per heavy atom. The predicted molar refractivity (Wildman–Crippen MR) is 131 cm³/mol. The molecule has 3 aromatic rings. The molecule has 4 atom stereocenters. The molecule has 1 amide bonds. The number of fused-ring (bicyclic) bond motifs is 1. The van der Waals surface area contributed by atoms with Crippen molar-refractivity contribution in [3.05, 3.63) is 48.5 Å². The number of tetrazole rings is 1. The van der Waals surface area contributed by atoms with E-state index < -0.39 is 28.3 Å². The fraction of sp³-hybridized carbons (Fsp3) is 0.391. The second kappa shape index (κ2) is 9.58. The fourth-order valence-corrected chi connectivity index (χ4v) is 5.72. The molecule has 190 valence electrons. The Kier molecular flexibility index (Phi) is 6.47. The van der Waals surface area contributed by atoms with E-state index in [0.717, 1.165) is 11.3 Å². The molecule has 2 aliphatic heterocycles. The molecule has 12 nitrogen and oxygen atoms in total. The molecule has 13 heteroatoms. The minimum atomic E-state index is -3.83. The summed E-state index contributed by atoms with van der Waals surface area (Å²) in [5, 5.41) is 14.9. The predicted octanol–water partition coefficient (Wildman–Crippen LogP) is 1.05. The Bertz CT molecular complexity index is 1340. The minimum absolute atomic E-state index is 0.0820. The van der Waals surface area contributed by atoms with E-state index in [1.807, 2.05) is 43.3 Å². The lowest BCUT2D eigenvalue weighted by atomic mass is 10.1. The topological polar surface area (TPSA) is 141 Å². The number of rotatable bonds is 7. The van der Waals surface area contributed by atoms with Gasteiger partial charge in [-0.05, 0) is 59.0 Å². The van der Waals surface area contributed by atoms with Crippen molar-refractivity contribution in [2.24, 2.45) is 0 Å². The van der Waals surface area contributed by atoms with Crippen LogP contribution in [0.1, 0.15) is 13.0 Å². The van der Waals surface area contributed by atoms with Gasteiger partial charge in [-0.2, -0.15) is 0 Å². The highest BCUT2D eigenvalue weighted by Crippen LogP contribution is 2.36. The maximum atomic E-state index is 13.0. The lowest BCUT2D eigenvalue weighted by molar-refractivity contribution is -0.114. The van der Waals surface area contributed by atoms with Gasteiger partial charge in [0.05, 0.1) is 24.2 Å². The number of nitrogens with zero attached hydrogens (tertiary/aromatic N) is 5. The molecule has 0 unspecified atom stereocenters. The smallest absolute Gasteiger partial charge is 0.240 e. The number of sulfonamides is 1. The second-order valence-corrected chi connectivity index (χ2v) is 10.7. The van der Waals surface area contributed by atoms with Crippen LogP contribution < -0.4 is 14.9 Å². The van der Waals surface area contributed by atoms with Crippen molar-refractivity contribution in [3.8, 4) is 11.4 Å². The molecule has 2 aliphatic rings. The van der Waals surface area contributed by atoms with E-state index in [-0.39, 0.29) is 30.1 Å². The van der Waals surface area contributed by atoms with Gasteiger partial charge in [-0.3, -0.25) is 4.79 Å². The first-order valence-electron chi connectivity index (χ1n) is 11.4. The van der Waals surface area contributed by atoms with Gasteiger partial charge in [0.2, 0.25) is 15.9 Å². The third kappa shape index (κ3) is 4.69. The van der Waals surface area contributed by atoms with Crippen molar-refractivity contribution in [3.63, 3.8) is 0 Å². The zero-order valence-corrected chi connectivity index (χ0v) is 20.8. The van der Waals surface area contributed by atoms with Crippen molar-refractivity contribution in [2.45, 2.75) is 36.1 Å². The van der Waals surface area contributed by atoms with Crippen LogP contribution in [-0.2, 0) is 24.3 Å². The van der Waals surface area contributed by atoms with Gasteiger partial charge in [0.1, 0.15) is 18.2 Å². The van der Waals surface area contributed by atoms with Gasteiger partial charge in [0.25, 0.3) is 0 Å². The van der Waals surface area contributed by atoms with Crippen molar-refractivity contribution >= 4 is 27.3 Å². The molecule has 36 heavy (non-hydrogen) atoms. The van der Waals surface area contributed by atoms with Crippen LogP contribution in [-0.4, -0.2) is 80.1 Å². The molecule has 5 rings (SSSR count). The van der Waals surface area contributed by atoms with Gasteiger partial charge in [-0.25, -0.2) is 17.8 Å². The average molecular weight is 514 g/mol. The molecule has 3 heterocycles. The lowest BCUT2D eigenvalue weighted by Gasteiger charge is -2.18. The molecule has 2 saturated heterocycles. The molecular formula is C23H27N7O5S. The van der Waals surface area contributed by atoms with E-state index in [9.17, 15) is 13.2 Å². The van der Waals surface area contributed by atoms with E-state index in [1.54, 1.807) is 4.68 Å². The van der Waals surface area contributed by atoms with E-state index in [0.29, 0.717) is 11.5 Å². The van der Waals surface area contributed by atoms with Gasteiger partial charge >= 0.3 is 0 Å². The van der Waals surface area contributed by atoms with Crippen LogP contribution in [0.15, 0.2) is 53.4 Å². The molecule has 2 aromatic carbocycles. The summed E-state index contributed by atoms with van der Waals surface area (Å²) in [5.74, 6) is 0.351. The number of aromatic nitrogens is 4. The first-order valence-corrected chi connectivity index (χ1v) is 12.9. The van der Waals surface area contributed by atoms with Crippen molar-refractivity contribution in [2.75, 3.05) is 37.5 Å². The highest BCUT2D eigenvalue weighted by atomic mass is 32.2. The van der Waals surface area contributed by atoms with Gasteiger partial charge in [0.15, 0.2) is 5.82 Å². The van der Waals surface area contributed by atoms with Crippen molar-refractivity contribution in [1.82, 2.24) is 24.9 Å². The molecule has 2 fully saturated rings. The summed E-state index contributed by atoms with van der Waals surface area (Å²) in [5.41, 5.74) is 2.43. The van der Waals surface area contributed by atoms with Crippen LogP contribution in [0.2, 0.25) is 0 Å². The fourth-order valence-electron chi connectivity index (χ4n) is 4.49. The number of benzene rings is 2. The van der Waals surface area contributed by atoms with E-state index in [2.05, 4.69) is 25.6 Å². The largest absolute Gasteiger partial charge is 0.378 e. The summed E-state index contributed by atoms with van der Waals surface area (Å²) in [7, 11) is 0.105. The minimum Gasteiger partial charge on any atom is -0.378 e. The van der Waals surface area contributed by atoms with Crippen molar-refractivity contribution < 1.29 is 22.7 Å². The van der Waals surface area contributed by atoms with E-state index in [4.69, 9.17) is 9.47 Å². The standard InChI is InChI=1S/C23H27N7O5S/c1-14(31)24-16-6-10-18(11-7-16)36(32,33)26-19-12-34-22-20(13-35-21(19)22)30-23(25-27-28-30)15-4-8-17(9-5-15)29(2)3/h4-11,19-22,26H,12-13H2,1-3H3,(H,24,31)/t19-,20-,21+,22+/m0/s1. The van der Waals surface area contributed by atoms with Crippen LogP contribution in [0.3, 0.4) is 0 Å². The van der Waals surface area contributed by atoms with Crippen molar-refractivity contribution in [1.29, 1.82) is 0 Å². The number of hydrogen-bond donors (Lipinski definition) is 2. The number of ether oxygens (including phenoxy) is 2. The Balaban J connectivity index is 1.30. The van der Waals surface area contributed by atoms with Crippen LogP contribution in [0.25, 0.3) is 11.4 Å². The quantitative estimate of drug-likeness (QED) is 0.474. The van der Waals surface area contributed by atoms with Gasteiger partial charge < -0.3 is 19.7 Å². The SMILES string of the molecule is CC(=O)Nc1ccc(S(=O)(=O)N[C@H]2CO[C@H]3[C@@H]2OC[C@@H]3n2nnnc2-c2ccc(N(C)C)cc2)cc1. The zero-order chi connectivity index (χ0) is 25.4. The molecule has 1 aromatic heterocycles. The third-order valence-corrected chi connectivity index (χ3v) is 7.77. The summed E-state index contributed by atoms with van der Waals surface area (Å²) in [6, 6.07) is 13.0. The first-order chi connectivity index (χ1) is 17.2. The number of amides is 1. The lowest BCUT2D eigenvalue weighted by Crippen LogP contribution is -2.44. The number of hydrogen-bond acceptors (Lipinski definition) is 9. The van der Waals surface area contributed by atoms with Crippen LogP contribution in [0, 0.1) is 0 Å². The van der Waals surface area contributed by atoms with E-state index >= 15 is 0 Å². The molecule has 0 aliphatic carbocycles. The third-order valence-electron chi connectivity index (χ3n) is 6.27. The normalized spacial score (nSPS) is 23.4. The monoisotopic (exact) mass is 513 g/mol. The summed E-state index contributed by atoms with van der Waals surface area (Å²) < 4.78 is 42.3. The van der Waals surface area contributed by atoms with Crippen LogP contribution in [0.5, 0.6) is 0 Å². The Morgan fingerprint density at radius 1 is 1.03 bits per heavy atom. The molecular weight excluding hydrogens is 486 g/mol. The Hall–Kier alpha value is -3.39. The summed E-state index contributed by atoms with van der Waals surface area (Å²) in [6.45, 7) is 1.83. The number of carbonyl (C=O) groups excluding carboxylic acids is 1. The summed E-state index contributed by atoms with van der Waals surface area (Å²) >= 11 is 0. The number of anilines is 2. The molecule has 0 spiro atoms. The molecule has 0 saturated carbocycles. The summed E-state index contributed by atoms with van der Waals surface area (Å²) in [4.78, 5) is 13.3. The Labute approximate surface area is 208 Å². The van der Waals surface area contributed by atoms with Gasteiger partial charge in [-0.1, -0.05) is 0 Å². The van der Waals surface area contributed by atoms with E-state index in [1.165, 1.54) is 31.2 Å². The summed E-state index contributed by atoms with van der Waals surface area (Å²) in [6.07, 6.45) is -0.903.